The van der Waals surface area contributed by atoms with Crippen molar-refractivity contribution in [2.24, 2.45) is 5.73 Å². The van der Waals surface area contributed by atoms with Gasteiger partial charge in [-0.3, -0.25) is 4.79 Å². The number of nitrogens with one attached hydrogen (secondary N) is 1. The van der Waals surface area contributed by atoms with E-state index in [1.165, 1.54) is 0 Å². The average Bonchev–Trinajstić information content (AvgIpc) is 2.83. The zero-order valence-corrected chi connectivity index (χ0v) is 9.29. The molecule has 3 N–H and O–H groups in total. The quantitative estimate of drug-likeness (QED) is 0.700. The Labute approximate surface area is 102 Å². The third-order valence-corrected chi connectivity index (χ3v) is 2.64. The highest BCUT2D eigenvalue weighted by atomic mass is 16.1. The van der Waals surface area contributed by atoms with Gasteiger partial charge in [0.25, 0.3) is 5.91 Å². The van der Waals surface area contributed by atoms with E-state index in [0.29, 0.717) is 16.9 Å². The summed E-state index contributed by atoms with van der Waals surface area (Å²) in [5, 5.41) is 7.49. The maximum atomic E-state index is 11.3. The number of amides is 1. The summed E-state index contributed by atoms with van der Waals surface area (Å²) in [6, 6.07) is 7.04. The summed E-state index contributed by atoms with van der Waals surface area (Å²) in [4.78, 5) is 18.8. The molecule has 6 nitrogen and oxygen atoms in total. The Bertz CT molecular complexity index is 720. The van der Waals surface area contributed by atoms with Crippen LogP contribution in [0.2, 0.25) is 0 Å². The lowest BCUT2D eigenvalue weighted by Crippen LogP contribution is -2.11. The summed E-state index contributed by atoms with van der Waals surface area (Å²) in [6.45, 7) is 0. The van der Waals surface area contributed by atoms with Crippen molar-refractivity contribution in [3.8, 4) is 11.4 Å². The molecule has 2 aromatic heterocycles. The smallest absolute Gasteiger partial charge is 0.250 e. The molecule has 0 aliphatic carbocycles. The summed E-state index contributed by atoms with van der Waals surface area (Å²) >= 11 is 0. The second-order valence-electron chi connectivity index (χ2n) is 3.78. The topological polar surface area (TPSA) is 97.6 Å². The second-order valence-corrected chi connectivity index (χ2v) is 3.78. The summed E-state index contributed by atoms with van der Waals surface area (Å²) in [6.07, 6.45) is 3.18. The number of rotatable bonds is 2. The molecule has 0 atom stereocenters. The van der Waals surface area contributed by atoms with Crippen LogP contribution in [-0.2, 0) is 0 Å². The fourth-order valence-electron chi connectivity index (χ4n) is 1.80. The number of fused-ring (bicyclic) bond motifs is 1. The number of nitrogens with two attached hydrogens (primary N) is 1. The minimum absolute atomic E-state index is 0.400. The molecule has 0 bridgehead atoms. The first kappa shape index (κ1) is 10.4. The van der Waals surface area contributed by atoms with Gasteiger partial charge >= 0.3 is 0 Å². The van der Waals surface area contributed by atoms with E-state index >= 15 is 0 Å². The van der Waals surface area contributed by atoms with Crippen LogP contribution < -0.4 is 5.73 Å². The lowest BCUT2D eigenvalue weighted by atomic mass is 10.2. The minimum atomic E-state index is -0.494. The molecule has 0 radical (unpaired) electrons. The Morgan fingerprint density at radius 2 is 2.11 bits per heavy atom. The van der Waals surface area contributed by atoms with Crippen LogP contribution in [0.15, 0.2) is 36.7 Å². The Morgan fingerprint density at radius 1 is 1.22 bits per heavy atom. The predicted molar refractivity (Wildman–Crippen MR) is 65.6 cm³/mol. The fourth-order valence-corrected chi connectivity index (χ4v) is 1.80. The number of primary amides is 1. The van der Waals surface area contributed by atoms with Crippen molar-refractivity contribution in [1.82, 2.24) is 20.2 Å². The van der Waals surface area contributed by atoms with Crippen LogP contribution in [-0.4, -0.2) is 26.1 Å². The molecule has 88 valence electrons. The highest BCUT2D eigenvalue weighted by molar-refractivity contribution is 6.04. The molecular formula is C12H9N5O. The van der Waals surface area contributed by atoms with Crippen molar-refractivity contribution in [3.63, 3.8) is 0 Å². The summed E-state index contributed by atoms with van der Waals surface area (Å²) in [5.74, 6) is 0.139. The van der Waals surface area contributed by atoms with Crippen LogP contribution in [0, 0.1) is 0 Å². The van der Waals surface area contributed by atoms with E-state index in [4.69, 9.17) is 5.73 Å². The number of carbonyl (C=O) groups is 1. The molecule has 6 heteroatoms. The largest absolute Gasteiger partial charge is 0.366 e. The minimum Gasteiger partial charge on any atom is -0.366 e. The van der Waals surface area contributed by atoms with Gasteiger partial charge in [0.15, 0.2) is 0 Å². The third kappa shape index (κ3) is 1.60. The number of carbonyl (C=O) groups excluding carboxylic acids is 1. The Kier molecular flexibility index (Phi) is 2.26. The van der Waals surface area contributed by atoms with Gasteiger partial charge in [0.1, 0.15) is 11.3 Å². The maximum Gasteiger partial charge on any atom is 0.250 e. The number of hydrogen-bond donors (Lipinski definition) is 2. The van der Waals surface area contributed by atoms with Crippen molar-refractivity contribution in [2.45, 2.75) is 0 Å². The summed E-state index contributed by atoms with van der Waals surface area (Å²) in [7, 11) is 0. The van der Waals surface area contributed by atoms with E-state index in [-0.39, 0.29) is 0 Å². The molecule has 2 heterocycles. The molecular weight excluding hydrogens is 230 g/mol. The first-order valence-corrected chi connectivity index (χ1v) is 5.31. The SMILES string of the molecule is NC(=O)c1cccc2[nH]c(-c3ccnnc3)nc12. The van der Waals surface area contributed by atoms with Crippen molar-refractivity contribution < 1.29 is 4.79 Å². The average molecular weight is 239 g/mol. The van der Waals surface area contributed by atoms with Crippen molar-refractivity contribution in [2.75, 3.05) is 0 Å². The first-order chi connectivity index (χ1) is 8.75. The number of aromatic nitrogens is 4. The molecule has 1 amide bonds. The van der Waals surface area contributed by atoms with Gasteiger partial charge < -0.3 is 10.7 Å². The molecule has 1 aromatic carbocycles. The highest BCUT2D eigenvalue weighted by Gasteiger charge is 2.11. The standard InChI is InChI=1S/C12H9N5O/c13-11(18)8-2-1-3-9-10(8)17-12(16-9)7-4-5-14-15-6-7/h1-6H,(H2,13,18)(H,16,17). The molecule has 0 saturated carbocycles. The van der Waals surface area contributed by atoms with E-state index in [2.05, 4.69) is 20.2 Å². The fraction of sp³-hybridized carbons (Fsp3) is 0. The number of imidazole rings is 1. The molecule has 0 unspecified atom stereocenters. The van der Waals surface area contributed by atoms with Gasteiger partial charge in [-0.1, -0.05) is 6.07 Å². The number of aromatic amines is 1. The van der Waals surface area contributed by atoms with Gasteiger partial charge in [-0.05, 0) is 18.2 Å². The normalized spacial score (nSPS) is 10.7. The summed E-state index contributed by atoms with van der Waals surface area (Å²) in [5.41, 5.74) is 7.84. The lowest BCUT2D eigenvalue weighted by molar-refractivity contribution is 0.100. The summed E-state index contributed by atoms with van der Waals surface area (Å²) < 4.78 is 0. The van der Waals surface area contributed by atoms with E-state index in [1.807, 2.05) is 6.07 Å². The number of nitrogens with zero attached hydrogens (tertiary/aromatic N) is 3. The van der Waals surface area contributed by atoms with Gasteiger partial charge in [0.2, 0.25) is 0 Å². The van der Waals surface area contributed by atoms with Crippen LogP contribution in [0.25, 0.3) is 22.4 Å². The molecule has 18 heavy (non-hydrogen) atoms. The van der Waals surface area contributed by atoms with Crippen LogP contribution in [0.3, 0.4) is 0 Å². The van der Waals surface area contributed by atoms with E-state index < -0.39 is 5.91 Å². The van der Waals surface area contributed by atoms with E-state index in [1.54, 1.807) is 30.6 Å². The molecule has 0 aliphatic rings. The second kappa shape index (κ2) is 3.92. The van der Waals surface area contributed by atoms with Crippen molar-refractivity contribution in [3.05, 3.63) is 42.2 Å². The monoisotopic (exact) mass is 239 g/mol. The zero-order chi connectivity index (χ0) is 12.5. The lowest BCUT2D eigenvalue weighted by Gasteiger charge is -1.94. The van der Waals surface area contributed by atoms with Crippen LogP contribution in [0.1, 0.15) is 10.4 Å². The molecule has 0 saturated heterocycles. The Morgan fingerprint density at radius 3 is 2.83 bits per heavy atom. The number of para-hydroxylation sites is 1. The van der Waals surface area contributed by atoms with E-state index in [0.717, 1.165) is 11.1 Å². The molecule has 0 spiro atoms. The van der Waals surface area contributed by atoms with Crippen LogP contribution >= 0.6 is 0 Å². The third-order valence-electron chi connectivity index (χ3n) is 2.64. The molecule has 0 aliphatic heterocycles. The number of benzene rings is 1. The Balaban J connectivity index is 2.23. The number of hydrogen-bond acceptors (Lipinski definition) is 4. The number of H-pyrrole nitrogens is 1. The first-order valence-electron chi connectivity index (χ1n) is 5.31. The molecule has 3 rings (SSSR count). The van der Waals surface area contributed by atoms with Crippen LogP contribution in [0.4, 0.5) is 0 Å². The maximum absolute atomic E-state index is 11.3. The Hall–Kier alpha value is -2.76. The van der Waals surface area contributed by atoms with Crippen molar-refractivity contribution in [1.29, 1.82) is 0 Å². The van der Waals surface area contributed by atoms with Gasteiger partial charge in [-0.25, -0.2) is 4.98 Å². The molecule has 0 fully saturated rings. The molecule has 3 aromatic rings. The van der Waals surface area contributed by atoms with Gasteiger partial charge in [0.05, 0.1) is 23.5 Å². The predicted octanol–water partition coefficient (Wildman–Crippen LogP) is 1.12. The van der Waals surface area contributed by atoms with Gasteiger partial charge in [-0.15, -0.1) is 0 Å². The highest BCUT2D eigenvalue weighted by Crippen LogP contribution is 2.21. The van der Waals surface area contributed by atoms with E-state index in [9.17, 15) is 4.79 Å². The zero-order valence-electron chi connectivity index (χ0n) is 9.29. The van der Waals surface area contributed by atoms with Crippen LogP contribution in [0.5, 0.6) is 0 Å². The van der Waals surface area contributed by atoms with Gasteiger partial charge in [-0.2, -0.15) is 10.2 Å². The van der Waals surface area contributed by atoms with Gasteiger partial charge in [0, 0.05) is 5.56 Å². The van der Waals surface area contributed by atoms with Crippen molar-refractivity contribution >= 4 is 16.9 Å².